The van der Waals surface area contributed by atoms with Crippen LogP contribution in [0.4, 0.5) is 10.5 Å². The first-order valence-corrected chi connectivity index (χ1v) is 12.2. The van der Waals surface area contributed by atoms with Gasteiger partial charge in [0.05, 0.1) is 0 Å². The second-order valence-electron chi connectivity index (χ2n) is 9.47. The number of phenols is 1. The van der Waals surface area contributed by atoms with E-state index in [0.29, 0.717) is 37.5 Å². The van der Waals surface area contributed by atoms with E-state index in [1.54, 1.807) is 24.3 Å². The highest BCUT2D eigenvalue weighted by Crippen LogP contribution is 2.26. The van der Waals surface area contributed by atoms with Crippen LogP contribution in [0.5, 0.6) is 5.75 Å². The minimum atomic E-state index is -0.0988. The molecule has 2 N–H and O–H groups in total. The minimum absolute atomic E-state index is 0.0879. The molecule has 0 bridgehead atoms. The normalized spacial score (nSPS) is 17.8. The van der Waals surface area contributed by atoms with Crippen molar-refractivity contribution in [2.75, 3.05) is 25.5 Å². The van der Waals surface area contributed by atoms with Crippen LogP contribution in [-0.2, 0) is 6.54 Å². The van der Waals surface area contributed by atoms with Gasteiger partial charge in [0.25, 0.3) is 0 Å². The van der Waals surface area contributed by atoms with E-state index in [1.807, 2.05) is 23.1 Å². The predicted molar refractivity (Wildman–Crippen MR) is 131 cm³/mol. The number of anilines is 1. The lowest BCUT2D eigenvalue weighted by Gasteiger charge is -2.33. The number of piperidine rings is 1. The maximum atomic E-state index is 13.0. The fourth-order valence-corrected chi connectivity index (χ4v) is 5.10. The van der Waals surface area contributed by atoms with Crippen molar-refractivity contribution in [1.82, 2.24) is 9.80 Å². The van der Waals surface area contributed by atoms with Crippen LogP contribution >= 0.6 is 0 Å². The van der Waals surface area contributed by atoms with E-state index >= 15 is 0 Å². The molecule has 1 aliphatic carbocycles. The fraction of sp³-hybridized carbons (Fsp3) is 0.481. The van der Waals surface area contributed by atoms with Gasteiger partial charge >= 0.3 is 6.03 Å². The molecule has 2 aromatic carbocycles. The molecule has 1 heterocycles. The molecule has 0 unspecified atom stereocenters. The minimum Gasteiger partial charge on any atom is -0.508 e. The fourth-order valence-electron chi connectivity index (χ4n) is 5.10. The van der Waals surface area contributed by atoms with E-state index in [4.69, 9.17) is 0 Å². The van der Waals surface area contributed by atoms with E-state index in [2.05, 4.69) is 23.3 Å². The number of Topliss-reactive ketones (excluding diaryl/α,β-unsaturated/α-hetero) is 1. The Bertz CT molecular complexity index is 945. The molecule has 0 spiro atoms. The molecule has 1 saturated heterocycles. The Kier molecular flexibility index (Phi) is 7.65. The molecule has 1 aliphatic heterocycles. The highest BCUT2D eigenvalue weighted by atomic mass is 16.3. The van der Waals surface area contributed by atoms with Gasteiger partial charge in [0.2, 0.25) is 0 Å². The number of benzene rings is 2. The smallest absolute Gasteiger partial charge is 0.321 e. The number of carbonyl (C=O) groups excluding carboxylic acids is 2. The lowest BCUT2D eigenvalue weighted by molar-refractivity contribution is 0.0859. The zero-order valence-electron chi connectivity index (χ0n) is 19.5. The van der Waals surface area contributed by atoms with Crippen molar-refractivity contribution >= 4 is 17.5 Å². The number of urea groups is 1. The molecule has 0 aromatic heterocycles. The number of nitrogens with one attached hydrogen (secondary N) is 1. The third-order valence-corrected chi connectivity index (χ3v) is 7.18. The summed E-state index contributed by atoms with van der Waals surface area (Å²) < 4.78 is 0. The van der Waals surface area contributed by atoms with Crippen molar-refractivity contribution in [2.45, 2.75) is 57.5 Å². The number of aromatic hydroxyl groups is 1. The Morgan fingerprint density at radius 2 is 1.64 bits per heavy atom. The molecule has 1 saturated carbocycles. The highest BCUT2D eigenvalue weighted by molar-refractivity contribution is 5.98. The Labute approximate surface area is 196 Å². The molecule has 0 radical (unpaired) electrons. The highest BCUT2D eigenvalue weighted by Gasteiger charge is 2.28. The second kappa shape index (κ2) is 10.8. The van der Waals surface area contributed by atoms with Gasteiger partial charge in [0.1, 0.15) is 5.75 Å². The predicted octanol–water partition coefficient (Wildman–Crippen LogP) is 5.28. The van der Waals surface area contributed by atoms with Gasteiger partial charge in [-0.2, -0.15) is 0 Å². The van der Waals surface area contributed by atoms with Crippen LogP contribution in [0.15, 0.2) is 48.5 Å². The third-order valence-electron chi connectivity index (χ3n) is 7.18. The van der Waals surface area contributed by atoms with Crippen molar-refractivity contribution in [3.8, 4) is 5.75 Å². The van der Waals surface area contributed by atoms with Gasteiger partial charge in [-0.1, -0.05) is 37.5 Å². The molecule has 176 valence electrons. The average molecular weight is 450 g/mol. The number of carbonyl (C=O) groups is 2. The Hall–Kier alpha value is -2.86. The zero-order valence-corrected chi connectivity index (χ0v) is 19.5. The van der Waals surface area contributed by atoms with Crippen molar-refractivity contribution in [2.24, 2.45) is 5.92 Å². The number of para-hydroxylation sites is 1. The third kappa shape index (κ3) is 5.93. The number of hydrogen-bond donors (Lipinski definition) is 2. The number of ketones is 1. The van der Waals surface area contributed by atoms with Crippen LogP contribution in [0.1, 0.15) is 60.9 Å². The molecule has 0 atom stereocenters. The molecule has 2 aliphatic rings. The van der Waals surface area contributed by atoms with Crippen molar-refractivity contribution < 1.29 is 14.7 Å². The number of amides is 2. The van der Waals surface area contributed by atoms with Crippen LogP contribution in [0.3, 0.4) is 0 Å². The van der Waals surface area contributed by atoms with E-state index in [0.717, 1.165) is 17.8 Å². The zero-order chi connectivity index (χ0) is 23.2. The van der Waals surface area contributed by atoms with Crippen molar-refractivity contribution in [1.29, 1.82) is 0 Å². The van der Waals surface area contributed by atoms with E-state index < -0.39 is 0 Å². The molecule has 33 heavy (non-hydrogen) atoms. The van der Waals surface area contributed by atoms with Gasteiger partial charge in [-0.3, -0.25) is 9.69 Å². The second-order valence-corrected chi connectivity index (χ2v) is 9.47. The average Bonchev–Trinajstić information content (AvgIpc) is 2.86. The SMILES string of the molecule is CN(Cc1ccccc1NC(=O)N1CCC(C(=O)c2ccc(O)cc2)CC1)C1CCCCC1. The van der Waals surface area contributed by atoms with Crippen LogP contribution in [0, 0.1) is 5.92 Å². The molecule has 4 rings (SSSR count). The standard InChI is InChI=1S/C27H35N3O3/c1-29(23-8-3-2-4-9-23)19-22-7-5-6-10-25(22)28-27(33)30-17-15-21(16-18-30)26(32)20-11-13-24(31)14-12-20/h5-7,10-14,21,23,31H,2-4,8-9,15-19H2,1H3,(H,28,33). The summed E-state index contributed by atoms with van der Waals surface area (Å²) in [5, 5.41) is 12.6. The van der Waals surface area contributed by atoms with Crippen LogP contribution in [-0.4, -0.2) is 52.9 Å². The molecule has 2 amide bonds. The summed E-state index contributed by atoms with van der Waals surface area (Å²) in [7, 11) is 2.18. The first kappa shape index (κ1) is 23.3. The maximum Gasteiger partial charge on any atom is 0.321 e. The summed E-state index contributed by atoms with van der Waals surface area (Å²) in [5.41, 5.74) is 2.62. The van der Waals surface area contributed by atoms with Gasteiger partial charge < -0.3 is 15.3 Å². The van der Waals surface area contributed by atoms with Gasteiger partial charge in [-0.05, 0) is 68.6 Å². The van der Waals surface area contributed by atoms with Gasteiger partial charge in [-0.15, -0.1) is 0 Å². The lowest BCUT2D eigenvalue weighted by atomic mass is 9.89. The molecular weight excluding hydrogens is 414 g/mol. The molecule has 2 fully saturated rings. The molecule has 6 nitrogen and oxygen atoms in total. The van der Waals surface area contributed by atoms with E-state index in [1.165, 1.54) is 32.1 Å². The van der Waals surface area contributed by atoms with Crippen molar-refractivity contribution in [3.05, 3.63) is 59.7 Å². The number of nitrogens with zero attached hydrogens (tertiary/aromatic N) is 2. The lowest BCUT2D eigenvalue weighted by Crippen LogP contribution is -2.42. The van der Waals surface area contributed by atoms with Gasteiger partial charge in [0.15, 0.2) is 5.78 Å². The van der Waals surface area contributed by atoms with Crippen molar-refractivity contribution in [3.63, 3.8) is 0 Å². The van der Waals surface area contributed by atoms with Crippen LogP contribution in [0.25, 0.3) is 0 Å². The van der Waals surface area contributed by atoms with E-state index in [-0.39, 0.29) is 23.5 Å². The molecule has 6 heteroatoms. The summed E-state index contributed by atoms with van der Waals surface area (Å²) in [4.78, 5) is 30.0. The Morgan fingerprint density at radius 3 is 2.33 bits per heavy atom. The summed E-state index contributed by atoms with van der Waals surface area (Å²) in [5.74, 6) is 0.157. The largest absolute Gasteiger partial charge is 0.508 e. The van der Waals surface area contributed by atoms with Crippen LogP contribution < -0.4 is 5.32 Å². The summed E-state index contributed by atoms with van der Waals surface area (Å²) in [6, 6.07) is 15.0. The Morgan fingerprint density at radius 1 is 0.970 bits per heavy atom. The Balaban J connectivity index is 1.32. The number of likely N-dealkylation sites (tertiary alicyclic amines) is 1. The summed E-state index contributed by atoms with van der Waals surface area (Å²) in [6.07, 6.45) is 7.76. The topological polar surface area (TPSA) is 72.9 Å². The number of rotatable bonds is 6. The first-order valence-electron chi connectivity index (χ1n) is 12.2. The molecular formula is C27H35N3O3. The van der Waals surface area contributed by atoms with Gasteiger partial charge in [0, 0.05) is 42.8 Å². The summed E-state index contributed by atoms with van der Waals surface area (Å²) in [6.45, 7) is 1.94. The quantitative estimate of drug-likeness (QED) is 0.588. The van der Waals surface area contributed by atoms with E-state index in [9.17, 15) is 14.7 Å². The number of phenolic OH excluding ortho intramolecular Hbond substituents is 1. The first-order chi connectivity index (χ1) is 16.0. The number of hydrogen-bond acceptors (Lipinski definition) is 4. The monoisotopic (exact) mass is 449 g/mol. The molecule has 2 aromatic rings. The maximum absolute atomic E-state index is 13.0. The van der Waals surface area contributed by atoms with Gasteiger partial charge in [-0.25, -0.2) is 4.79 Å². The van der Waals surface area contributed by atoms with Crippen LogP contribution in [0.2, 0.25) is 0 Å². The summed E-state index contributed by atoms with van der Waals surface area (Å²) >= 11 is 0.